The van der Waals surface area contributed by atoms with E-state index in [2.05, 4.69) is 81.3 Å². The molecule has 0 heterocycles. The average Bonchev–Trinajstić information content (AvgIpc) is 2.41. The van der Waals surface area contributed by atoms with E-state index in [1.165, 1.54) is 17.5 Å². The Labute approximate surface area is 131 Å². The van der Waals surface area contributed by atoms with Crippen molar-refractivity contribution in [1.82, 2.24) is 14.7 Å². The maximum absolute atomic E-state index is 2.38. The number of benzene rings is 1. The molecule has 120 valence electrons. The zero-order chi connectivity index (χ0) is 15.8. The first-order valence-corrected chi connectivity index (χ1v) is 7.92. The highest BCUT2D eigenvalue weighted by Crippen LogP contribution is 2.13. The van der Waals surface area contributed by atoms with Crippen LogP contribution in [0.1, 0.15) is 17.5 Å². The van der Waals surface area contributed by atoms with Gasteiger partial charge in [0.05, 0.1) is 0 Å². The van der Waals surface area contributed by atoms with Gasteiger partial charge in [0.15, 0.2) is 0 Å². The normalized spacial score (nSPS) is 13.4. The van der Waals surface area contributed by atoms with E-state index in [0.29, 0.717) is 6.04 Å². The van der Waals surface area contributed by atoms with Gasteiger partial charge in [-0.05, 0) is 79.2 Å². The molecule has 0 fully saturated rings. The van der Waals surface area contributed by atoms with Gasteiger partial charge in [0.1, 0.15) is 0 Å². The molecule has 0 aliphatic heterocycles. The first kappa shape index (κ1) is 18.1. The van der Waals surface area contributed by atoms with Crippen LogP contribution in [0.25, 0.3) is 0 Å². The summed E-state index contributed by atoms with van der Waals surface area (Å²) in [6.07, 6.45) is 3.48. The highest BCUT2D eigenvalue weighted by molar-refractivity contribution is 5.24. The fraction of sp³-hybridized carbons (Fsp3) is 0.667. The van der Waals surface area contributed by atoms with E-state index in [4.69, 9.17) is 0 Å². The van der Waals surface area contributed by atoms with Crippen LogP contribution >= 0.6 is 0 Å². The van der Waals surface area contributed by atoms with Crippen LogP contribution < -0.4 is 0 Å². The molecule has 0 saturated carbocycles. The molecule has 1 aromatic rings. The van der Waals surface area contributed by atoms with E-state index in [9.17, 15) is 0 Å². The van der Waals surface area contributed by atoms with Gasteiger partial charge in [-0.2, -0.15) is 0 Å². The lowest BCUT2D eigenvalue weighted by molar-refractivity contribution is 0.249. The Balaban J connectivity index is 2.63. The van der Waals surface area contributed by atoms with Crippen LogP contribution in [-0.2, 0) is 12.8 Å². The van der Waals surface area contributed by atoms with E-state index in [0.717, 1.165) is 25.9 Å². The molecular weight excluding hydrogens is 258 g/mol. The van der Waals surface area contributed by atoms with Crippen molar-refractivity contribution >= 4 is 0 Å². The van der Waals surface area contributed by atoms with Gasteiger partial charge >= 0.3 is 0 Å². The molecule has 0 aliphatic rings. The zero-order valence-electron chi connectivity index (χ0n) is 14.8. The summed E-state index contributed by atoms with van der Waals surface area (Å²) in [5, 5.41) is 0. The second-order valence-electron chi connectivity index (χ2n) is 6.79. The maximum atomic E-state index is 2.38. The van der Waals surface area contributed by atoms with E-state index < -0.39 is 0 Å². The summed E-state index contributed by atoms with van der Waals surface area (Å²) >= 11 is 0. The lowest BCUT2D eigenvalue weighted by Crippen LogP contribution is -2.33. The van der Waals surface area contributed by atoms with Gasteiger partial charge in [0, 0.05) is 12.6 Å². The minimum atomic E-state index is 0.608. The van der Waals surface area contributed by atoms with Gasteiger partial charge in [0.2, 0.25) is 0 Å². The monoisotopic (exact) mass is 291 g/mol. The molecule has 0 amide bonds. The summed E-state index contributed by atoms with van der Waals surface area (Å²) in [6, 6.07) is 9.72. The fourth-order valence-electron chi connectivity index (χ4n) is 2.49. The zero-order valence-corrected chi connectivity index (χ0v) is 14.8. The molecule has 0 aliphatic carbocycles. The third kappa shape index (κ3) is 7.60. The number of rotatable bonds is 9. The van der Waals surface area contributed by atoms with Crippen LogP contribution in [0.3, 0.4) is 0 Å². The van der Waals surface area contributed by atoms with Crippen LogP contribution in [0, 0.1) is 0 Å². The SMILES string of the molecule is CN(C)CCc1cccc(CC(CCN(C)C)N(C)C)c1. The second kappa shape index (κ2) is 9.19. The Morgan fingerprint density at radius 1 is 0.857 bits per heavy atom. The lowest BCUT2D eigenvalue weighted by Gasteiger charge is -2.26. The molecule has 3 nitrogen and oxygen atoms in total. The Bertz CT molecular complexity index is 399. The first-order chi connectivity index (χ1) is 9.88. The van der Waals surface area contributed by atoms with Crippen LogP contribution in [0.4, 0.5) is 0 Å². The molecule has 1 aromatic carbocycles. The number of hydrogen-bond donors (Lipinski definition) is 0. The molecule has 1 atom stereocenters. The topological polar surface area (TPSA) is 9.72 Å². The molecule has 21 heavy (non-hydrogen) atoms. The summed E-state index contributed by atoms with van der Waals surface area (Å²) < 4.78 is 0. The number of likely N-dealkylation sites (N-methyl/N-ethyl adjacent to an activating group) is 2. The van der Waals surface area contributed by atoms with E-state index in [1.54, 1.807) is 0 Å². The summed E-state index contributed by atoms with van der Waals surface area (Å²) in [7, 11) is 12.9. The Morgan fingerprint density at radius 3 is 2.05 bits per heavy atom. The average molecular weight is 291 g/mol. The predicted octanol–water partition coefficient (Wildman–Crippen LogP) is 2.22. The van der Waals surface area contributed by atoms with Gasteiger partial charge in [-0.1, -0.05) is 24.3 Å². The summed E-state index contributed by atoms with van der Waals surface area (Å²) in [4.78, 5) is 6.87. The molecule has 0 spiro atoms. The van der Waals surface area contributed by atoms with Gasteiger partial charge in [-0.3, -0.25) is 0 Å². The van der Waals surface area contributed by atoms with Crippen molar-refractivity contribution in [3.05, 3.63) is 35.4 Å². The predicted molar refractivity (Wildman–Crippen MR) is 93.1 cm³/mol. The first-order valence-electron chi connectivity index (χ1n) is 7.92. The fourth-order valence-corrected chi connectivity index (χ4v) is 2.49. The third-order valence-corrected chi connectivity index (χ3v) is 3.95. The second-order valence-corrected chi connectivity index (χ2v) is 6.79. The van der Waals surface area contributed by atoms with Crippen LogP contribution in [0.15, 0.2) is 24.3 Å². The van der Waals surface area contributed by atoms with Crippen molar-refractivity contribution in [3.8, 4) is 0 Å². The molecular formula is C18H33N3. The molecule has 0 bridgehead atoms. The maximum Gasteiger partial charge on any atom is 0.0142 e. The van der Waals surface area contributed by atoms with Crippen molar-refractivity contribution in [1.29, 1.82) is 0 Å². The number of nitrogens with zero attached hydrogens (tertiary/aromatic N) is 3. The van der Waals surface area contributed by atoms with Gasteiger partial charge < -0.3 is 14.7 Å². The van der Waals surface area contributed by atoms with E-state index >= 15 is 0 Å². The van der Waals surface area contributed by atoms with Gasteiger partial charge in [-0.15, -0.1) is 0 Å². The standard InChI is InChI=1S/C18H33N3/c1-19(2)12-10-16-8-7-9-17(14-16)15-18(21(5)6)11-13-20(3)4/h7-9,14,18H,10-13,15H2,1-6H3. The lowest BCUT2D eigenvalue weighted by atomic mass is 9.99. The molecule has 1 rings (SSSR count). The Morgan fingerprint density at radius 2 is 1.48 bits per heavy atom. The quantitative estimate of drug-likeness (QED) is 0.691. The molecule has 0 N–H and O–H groups in total. The van der Waals surface area contributed by atoms with E-state index in [1.807, 2.05) is 0 Å². The largest absolute Gasteiger partial charge is 0.309 e. The van der Waals surface area contributed by atoms with E-state index in [-0.39, 0.29) is 0 Å². The van der Waals surface area contributed by atoms with Crippen molar-refractivity contribution < 1.29 is 0 Å². The molecule has 0 radical (unpaired) electrons. The summed E-state index contributed by atoms with van der Waals surface area (Å²) in [5.74, 6) is 0. The third-order valence-electron chi connectivity index (χ3n) is 3.95. The number of hydrogen-bond acceptors (Lipinski definition) is 3. The summed E-state index contributed by atoms with van der Waals surface area (Å²) in [5.41, 5.74) is 2.91. The summed E-state index contributed by atoms with van der Waals surface area (Å²) in [6.45, 7) is 2.25. The van der Waals surface area contributed by atoms with Crippen molar-refractivity contribution in [2.24, 2.45) is 0 Å². The van der Waals surface area contributed by atoms with Gasteiger partial charge in [-0.25, -0.2) is 0 Å². The smallest absolute Gasteiger partial charge is 0.0142 e. The van der Waals surface area contributed by atoms with Gasteiger partial charge in [0.25, 0.3) is 0 Å². The Kier molecular flexibility index (Phi) is 7.94. The molecule has 0 aromatic heterocycles. The van der Waals surface area contributed by atoms with Crippen LogP contribution in [0.5, 0.6) is 0 Å². The minimum Gasteiger partial charge on any atom is -0.309 e. The van der Waals surface area contributed by atoms with Crippen LogP contribution in [-0.4, -0.2) is 76.1 Å². The molecule has 0 saturated heterocycles. The van der Waals surface area contributed by atoms with Crippen molar-refractivity contribution in [2.75, 3.05) is 55.4 Å². The van der Waals surface area contributed by atoms with Crippen LogP contribution in [0.2, 0.25) is 0 Å². The minimum absolute atomic E-state index is 0.608. The Hall–Kier alpha value is -0.900. The van der Waals surface area contributed by atoms with Crippen molar-refractivity contribution in [3.63, 3.8) is 0 Å². The van der Waals surface area contributed by atoms with Crippen molar-refractivity contribution in [2.45, 2.75) is 25.3 Å². The molecule has 3 heteroatoms. The highest BCUT2D eigenvalue weighted by Gasteiger charge is 2.12. The molecule has 1 unspecified atom stereocenters. The highest BCUT2D eigenvalue weighted by atomic mass is 15.1.